The van der Waals surface area contributed by atoms with Crippen LogP contribution in [0.1, 0.15) is 13.3 Å². The summed E-state index contributed by atoms with van der Waals surface area (Å²) >= 11 is 2.06. The second kappa shape index (κ2) is 1.08. The van der Waals surface area contributed by atoms with Gasteiger partial charge in [-0.3, -0.25) is 0 Å². The van der Waals surface area contributed by atoms with Crippen molar-refractivity contribution < 1.29 is 0 Å². The van der Waals surface area contributed by atoms with Crippen molar-refractivity contribution in [3.63, 3.8) is 0 Å². The average molecular weight is 112 g/mol. The van der Waals surface area contributed by atoms with Crippen molar-refractivity contribution in [2.45, 2.75) is 18.6 Å². The molecule has 7 heavy (non-hydrogen) atoms. The van der Waals surface area contributed by atoms with Gasteiger partial charge in [0.1, 0.15) is 0 Å². The van der Waals surface area contributed by atoms with Crippen LogP contribution in [0.2, 0.25) is 0 Å². The predicted octanol–water partition coefficient (Wildman–Crippen LogP) is 2.03. The first-order valence-electron chi connectivity index (χ1n) is 2.71. The molecule has 0 spiro atoms. The topological polar surface area (TPSA) is 0 Å². The van der Waals surface area contributed by atoms with Gasteiger partial charge in [-0.15, -0.1) is 11.8 Å². The van der Waals surface area contributed by atoms with Crippen molar-refractivity contribution in [3.05, 3.63) is 11.0 Å². The number of rotatable bonds is 0. The van der Waals surface area contributed by atoms with Gasteiger partial charge in [-0.2, -0.15) is 0 Å². The second-order valence-electron chi connectivity index (χ2n) is 2.33. The molecule has 0 N–H and O–H groups in total. The third-order valence-electron chi connectivity index (χ3n) is 1.56. The van der Waals surface area contributed by atoms with E-state index in [1.54, 1.807) is 4.91 Å². The maximum Gasteiger partial charge on any atom is 0.0160 e. The molecular formula is C6H8S. The average Bonchev–Trinajstić information content (AvgIpc) is 2.15. The summed E-state index contributed by atoms with van der Waals surface area (Å²) in [5.41, 5.74) is 0. The van der Waals surface area contributed by atoms with Crippen LogP contribution in [0.25, 0.3) is 0 Å². The standard InChI is InChI=1S/C6H8S/c1-4-2-5-3-6(5)7-4/h2,5-6H,3H2,1H3. The quantitative estimate of drug-likeness (QED) is 0.462. The highest BCUT2D eigenvalue weighted by atomic mass is 32.2. The second-order valence-corrected chi connectivity index (χ2v) is 3.82. The van der Waals surface area contributed by atoms with E-state index in [9.17, 15) is 0 Å². The number of allylic oxidation sites excluding steroid dienone is 2. The minimum Gasteiger partial charge on any atom is -0.127 e. The summed E-state index contributed by atoms with van der Waals surface area (Å²) in [6.45, 7) is 2.21. The summed E-state index contributed by atoms with van der Waals surface area (Å²) in [5.74, 6) is 0.991. The van der Waals surface area contributed by atoms with E-state index in [2.05, 4.69) is 24.8 Å². The maximum atomic E-state index is 2.40. The number of thioether (sulfide) groups is 1. The fourth-order valence-electron chi connectivity index (χ4n) is 1.08. The van der Waals surface area contributed by atoms with Gasteiger partial charge in [0.15, 0.2) is 0 Å². The number of hydrogen-bond acceptors (Lipinski definition) is 1. The lowest BCUT2D eigenvalue weighted by molar-refractivity contribution is 1.13. The lowest BCUT2D eigenvalue weighted by Gasteiger charge is -1.86. The molecule has 1 heteroatoms. The lowest BCUT2D eigenvalue weighted by Crippen LogP contribution is -1.63. The Morgan fingerprint density at radius 3 is 3.00 bits per heavy atom. The van der Waals surface area contributed by atoms with Gasteiger partial charge >= 0.3 is 0 Å². The van der Waals surface area contributed by atoms with E-state index in [0.717, 1.165) is 11.2 Å². The lowest BCUT2D eigenvalue weighted by atomic mass is 10.4. The summed E-state index contributed by atoms with van der Waals surface area (Å²) in [4.78, 5) is 1.54. The third-order valence-corrected chi connectivity index (χ3v) is 2.92. The number of fused-ring (bicyclic) bond motifs is 1. The summed E-state index contributed by atoms with van der Waals surface area (Å²) in [7, 11) is 0. The molecule has 1 aliphatic carbocycles. The molecule has 2 rings (SSSR count). The molecule has 0 nitrogen and oxygen atoms in total. The zero-order chi connectivity index (χ0) is 4.85. The molecule has 2 aliphatic rings. The van der Waals surface area contributed by atoms with E-state index in [4.69, 9.17) is 0 Å². The monoisotopic (exact) mass is 112 g/mol. The summed E-state index contributed by atoms with van der Waals surface area (Å²) in [5, 5.41) is 1.01. The number of hydrogen-bond donors (Lipinski definition) is 0. The molecule has 1 fully saturated rings. The first-order valence-corrected chi connectivity index (χ1v) is 3.59. The summed E-state index contributed by atoms with van der Waals surface area (Å²) in [6, 6.07) is 0. The molecule has 2 atom stereocenters. The Bertz CT molecular complexity index is 126. The minimum atomic E-state index is 0.991. The Labute approximate surface area is 48.0 Å². The van der Waals surface area contributed by atoms with Crippen molar-refractivity contribution >= 4 is 11.8 Å². The van der Waals surface area contributed by atoms with Gasteiger partial charge in [-0.1, -0.05) is 6.08 Å². The van der Waals surface area contributed by atoms with Gasteiger partial charge in [0.05, 0.1) is 0 Å². The van der Waals surface area contributed by atoms with Crippen molar-refractivity contribution in [1.29, 1.82) is 0 Å². The van der Waals surface area contributed by atoms with Crippen LogP contribution in [0.5, 0.6) is 0 Å². The minimum absolute atomic E-state index is 0.991. The molecule has 0 aromatic heterocycles. The van der Waals surface area contributed by atoms with Crippen LogP contribution in [-0.2, 0) is 0 Å². The van der Waals surface area contributed by atoms with Crippen molar-refractivity contribution in [3.8, 4) is 0 Å². The highest BCUT2D eigenvalue weighted by Gasteiger charge is 2.40. The smallest absolute Gasteiger partial charge is 0.0160 e. The molecule has 0 aromatic carbocycles. The molecule has 1 aliphatic heterocycles. The van der Waals surface area contributed by atoms with Crippen LogP contribution in [0, 0.1) is 5.92 Å². The Hall–Kier alpha value is 0.0900. The van der Waals surface area contributed by atoms with Gasteiger partial charge in [-0.25, -0.2) is 0 Å². The molecule has 0 radical (unpaired) electrons. The van der Waals surface area contributed by atoms with Gasteiger partial charge in [0.2, 0.25) is 0 Å². The zero-order valence-corrected chi connectivity index (χ0v) is 5.16. The van der Waals surface area contributed by atoms with E-state index >= 15 is 0 Å². The fraction of sp³-hybridized carbons (Fsp3) is 0.667. The van der Waals surface area contributed by atoms with Crippen LogP contribution in [0.15, 0.2) is 11.0 Å². The van der Waals surface area contributed by atoms with Crippen molar-refractivity contribution in [2.24, 2.45) is 5.92 Å². The molecule has 1 saturated carbocycles. The van der Waals surface area contributed by atoms with E-state index in [1.807, 2.05) is 0 Å². The van der Waals surface area contributed by atoms with Crippen LogP contribution >= 0.6 is 11.8 Å². The largest absolute Gasteiger partial charge is 0.127 e. The molecule has 2 unspecified atom stereocenters. The third kappa shape index (κ3) is 0.513. The SMILES string of the molecule is CC1=CC2CC2S1. The van der Waals surface area contributed by atoms with Crippen molar-refractivity contribution in [2.75, 3.05) is 0 Å². The van der Waals surface area contributed by atoms with Gasteiger partial charge in [-0.05, 0) is 24.2 Å². The zero-order valence-electron chi connectivity index (χ0n) is 4.35. The Morgan fingerprint density at radius 1 is 1.86 bits per heavy atom. The van der Waals surface area contributed by atoms with Gasteiger partial charge < -0.3 is 0 Å². The molecule has 0 saturated heterocycles. The molecule has 0 bridgehead atoms. The van der Waals surface area contributed by atoms with Gasteiger partial charge in [0.25, 0.3) is 0 Å². The van der Waals surface area contributed by atoms with Gasteiger partial charge in [0, 0.05) is 5.25 Å². The van der Waals surface area contributed by atoms with E-state index < -0.39 is 0 Å². The van der Waals surface area contributed by atoms with Crippen LogP contribution in [-0.4, -0.2) is 5.25 Å². The highest BCUT2D eigenvalue weighted by Crippen LogP contribution is 2.52. The Kier molecular flexibility index (Phi) is 0.620. The summed E-state index contributed by atoms with van der Waals surface area (Å²) in [6.07, 6.45) is 3.86. The molecule has 38 valence electrons. The maximum absolute atomic E-state index is 2.40. The van der Waals surface area contributed by atoms with E-state index in [1.165, 1.54) is 6.42 Å². The molecular weight excluding hydrogens is 104 g/mol. The Balaban J connectivity index is 2.22. The van der Waals surface area contributed by atoms with Crippen LogP contribution < -0.4 is 0 Å². The molecule has 1 heterocycles. The summed E-state index contributed by atoms with van der Waals surface area (Å²) < 4.78 is 0. The van der Waals surface area contributed by atoms with E-state index in [0.29, 0.717) is 0 Å². The van der Waals surface area contributed by atoms with E-state index in [-0.39, 0.29) is 0 Å². The normalized spacial score (nSPS) is 45.6. The van der Waals surface area contributed by atoms with Crippen molar-refractivity contribution in [1.82, 2.24) is 0 Å². The molecule has 0 amide bonds. The first-order chi connectivity index (χ1) is 3.36. The fourth-order valence-corrected chi connectivity index (χ4v) is 2.38. The van der Waals surface area contributed by atoms with Crippen LogP contribution in [0.4, 0.5) is 0 Å². The predicted molar refractivity (Wildman–Crippen MR) is 33.2 cm³/mol. The highest BCUT2D eigenvalue weighted by molar-refractivity contribution is 8.04. The van der Waals surface area contributed by atoms with Crippen LogP contribution in [0.3, 0.4) is 0 Å². The first kappa shape index (κ1) is 4.02. The molecule has 0 aromatic rings. The Morgan fingerprint density at radius 2 is 2.71 bits per heavy atom.